The molecule has 1 N–H and O–H groups in total. The van der Waals surface area contributed by atoms with Gasteiger partial charge in [-0.05, 0) is 117 Å². The summed E-state index contributed by atoms with van der Waals surface area (Å²) in [5.74, 6) is 0.403. The third kappa shape index (κ3) is 5.92. The third-order valence-electron chi connectivity index (χ3n) is 13.4. The predicted molar refractivity (Wildman–Crippen MR) is 177 cm³/mol. The summed E-state index contributed by atoms with van der Waals surface area (Å²) >= 11 is 0. The Morgan fingerprint density at radius 2 is 1.50 bits per heavy atom. The first kappa shape index (κ1) is 34.4. The van der Waals surface area contributed by atoms with Crippen molar-refractivity contribution in [3.05, 3.63) is 11.6 Å². The minimum Gasteiger partial charge on any atom is -0.466 e. The van der Waals surface area contributed by atoms with Gasteiger partial charge in [-0.2, -0.15) is 0 Å². The van der Waals surface area contributed by atoms with Gasteiger partial charge in [-0.25, -0.2) is 0 Å². The Bertz CT molecular complexity index is 1050. The fraction of sp³-hybridized carbons (Fsp3) is 0.914. The van der Waals surface area contributed by atoms with Gasteiger partial charge in [0, 0.05) is 6.10 Å². The Kier molecular flexibility index (Phi) is 9.09. The number of carbonyl (C=O) groups excluding carboxylic acids is 1. The second kappa shape index (κ2) is 11.1. The van der Waals surface area contributed by atoms with Crippen LogP contribution in [0.25, 0.3) is 0 Å². The zero-order chi connectivity index (χ0) is 31.7. The van der Waals surface area contributed by atoms with E-state index in [4.69, 9.17) is 13.6 Å². The molecule has 42 heavy (non-hydrogen) atoms. The lowest BCUT2D eigenvalue weighted by atomic mass is 9.44. The van der Waals surface area contributed by atoms with Gasteiger partial charge in [0.1, 0.15) is 0 Å². The molecule has 0 saturated heterocycles. The van der Waals surface area contributed by atoms with Crippen LogP contribution in [-0.4, -0.2) is 52.1 Å². The molecule has 8 atom stereocenters. The maximum Gasteiger partial charge on any atom is 0.309 e. The van der Waals surface area contributed by atoms with Crippen LogP contribution in [0.2, 0.25) is 36.3 Å². The smallest absolute Gasteiger partial charge is 0.309 e. The van der Waals surface area contributed by atoms with Crippen molar-refractivity contribution in [1.82, 2.24) is 0 Å². The molecule has 0 amide bonds. The zero-order valence-electron chi connectivity index (χ0n) is 29.4. The van der Waals surface area contributed by atoms with Gasteiger partial charge in [-0.1, -0.05) is 67.0 Å². The second-order valence-electron chi connectivity index (χ2n) is 18.0. The number of hydrogen-bond donors (Lipinski definition) is 1. The minimum atomic E-state index is -1.95. The first-order chi connectivity index (χ1) is 19.0. The molecular weight excluding hydrogens is 557 g/mol. The van der Waals surface area contributed by atoms with Gasteiger partial charge in [-0.15, -0.1) is 0 Å². The monoisotopic (exact) mass is 620 g/mol. The summed E-state index contributed by atoms with van der Waals surface area (Å²) in [7, 11) is -3.88. The molecule has 0 spiro atoms. The van der Waals surface area contributed by atoms with Crippen LogP contribution in [0.1, 0.15) is 114 Å². The van der Waals surface area contributed by atoms with E-state index in [1.165, 1.54) is 5.57 Å². The fourth-order valence-corrected chi connectivity index (χ4v) is 11.6. The lowest BCUT2D eigenvalue weighted by Gasteiger charge is -2.62. The summed E-state index contributed by atoms with van der Waals surface area (Å²) in [6, 6.07) is 0. The van der Waals surface area contributed by atoms with Crippen LogP contribution in [0, 0.1) is 28.6 Å². The van der Waals surface area contributed by atoms with Crippen molar-refractivity contribution in [3.8, 4) is 0 Å². The molecule has 0 aromatic carbocycles. The molecule has 7 heteroatoms. The van der Waals surface area contributed by atoms with Gasteiger partial charge in [0.25, 0.3) is 0 Å². The van der Waals surface area contributed by atoms with E-state index in [-0.39, 0.29) is 51.4 Å². The molecule has 4 aliphatic rings. The molecule has 4 aliphatic carbocycles. The van der Waals surface area contributed by atoms with E-state index in [2.05, 4.69) is 87.7 Å². The van der Waals surface area contributed by atoms with E-state index in [1.54, 1.807) is 0 Å². The Morgan fingerprint density at radius 1 is 0.905 bits per heavy atom. The topological polar surface area (TPSA) is 65.0 Å². The van der Waals surface area contributed by atoms with E-state index in [0.29, 0.717) is 18.4 Å². The molecule has 0 bridgehead atoms. The van der Waals surface area contributed by atoms with Crippen LogP contribution in [0.3, 0.4) is 0 Å². The summed E-state index contributed by atoms with van der Waals surface area (Å²) < 4.78 is 19.6. The molecule has 0 aromatic heterocycles. The minimum absolute atomic E-state index is 0.00365. The largest absolute Gasteiger partial charge is 0.466 e. The van der Waals surface area contributed by atoms with E-state index in [1.807, 2.05) is 6.92 Å². The van der Waals surface area contributed by atoms with Gasteiger partial charge < -0.3 is 18.7 Å². The average molecular weight is 621 g/mol. The molecule has 0 unspecified atom stereocenters. The summed E-state index contributed by atoms with van der Waals surface area (Å²) in [6.45, 7) is 30.4. The third-order valence-corrected chi connectivity index (χ3v) is 22.4. The van der Waals surface area contributed by atoms with Crippen LogP contribution in [-0.2, 0) is 18.4 Å². The van der Waals surface area contributed by atoms with E-state index in [9.17, 15) is 9.90 Å². The number of esters is 1. The number of fused-ring (bicyclic) bond motifs is 5. The van der Waals surface area contributed by atoms with E-state index in [0.717, 1.165) is 44.9 Å². The number of rotatable bonds is 7. The summed E-state index contributed by atoms with van der Waals surface area (Å²) in [5, 5.41) is 13.0. The van der Waals surface area contributed by atoms with Crippen molar-refractivity contribution < 1.29 is 23.5 Å². The Hall–Kier alpha value is -0.476. The Balaban J connectivity index is 1.71. The summed E-state index contributed by atoms with van der Waals surface area (Å²) in [5.41, 5.74) is 0.145. The molecule has 0 aromatic rings. The highest BCUT2D eigenvalue weighted by atomic mass is 28.4. The summed E-state index contributed by atoms with van der Waals surface area (Å²) in [4.78, 5) is 13.1. The number of aliphatic hydroxyl groups is 1. The number of ether oxygens (including phenoxy) is 1. The van der Waals surface area contributed by atoms with Crippen molar-refractivity contribution in [2.45, 2.75) is 168 Å². The van der Waals surface area contributed by atoms with Gasteiger partial charge in [-0.3, -0.25) is 4.79 Å². The van der Waals surface area contributed by atoms with Gasteiger partial charge in [0.2, 0.25) is 0 Å². The Labute approximate surface area is 260 Å². The highest BCUT2D eigenvalue weighted by molar-refractivity contribution is 6.74. The van der Waals surface area contributed by atoms with Crippen LogP contribution in [0.15, 0.2) is 11.6 Å². The lowest BCUT2D eigenvalue weighted by molar-refractivity contribution is -0.166. The first-order valence-electron chi connectivity index (χ1n) is 17.0. The number of carbonyl (C=O) groups is 1. The van der Waals surface area contributed by atoms with E-state index < -0.39 is 22.2 Å². The lowest BCUT2D eigenvalue weighted by Crippen LogP contribution is -2.61. The van der Waals surface area contributed by atoms with E-state index >= 15 is 0 Å². The van der Waals surface area contributed by atoms with Gasteiger partial charge in [0.15, 0.2) is 16.6 Å². The molecule has 4 rings (SSSR count). The average Bonchev–Trinajstić information content (AvgIpc) is 3.14. The number of hydrogen-bond acceptors (Lipinski definition) is 5. The van der Waals surface area contributed by atoms with Crippen LogP contribution >= 0.6 is 0 Å². The zero-order valence-corrected chi connectivity index (χ0v) is 31.4. The molecular formula is C35H64O5Si2. The van der Waals surface area contributed by atoms with Crippen LogP contribution in [0.5, 0.6) is 0 Å². The van der Waals surface area contributed by atoms with Crippen molar-refractivity contribution >= 4 is 22.6 Å². The maximum absolute atomic E-state index is 13.1. The van der Waals surface area contributed by atoms with Gasteiger partial charge >= 0.3 is 5.97 Å². The predicted octanol–water partition coefficient (Wildman–Crippen LogP) is 9.02. The molecule has 0 aliphatic heterocycles. The molecule has 0 radical (unpaired) electrons. The molecule has 3 saturated carbocycles. The van der Waals surface area contributed by atoms with Crippen molar-refractivity contribution in [3.63, 3.8) is 0 Å². The molecule has 242 valence electrons. The standard InChI is InChI=1S/C35H64O5Si2/c1-14-38-29(36)23-35(37)22-24-21-25(39-41(10,11)31(2,3)4)17-19-33(24,8)27-18-20-34(9)26(30(27)35)15-16-28(34)40-42(12,13)32(5,6)7/h22,25-28,30,37H,14-21,23H2,1-13H3/t25-,26-,27-,28-,30-,33-,34-,35+/m0/s1. The molecule has 5 nitrogen and oxygen atoms in total. The fourth-order valence-electron chi connectivity index (χ4n) is 8.78. The Morgan fingerprint density at radius 3 is 2.07 bits per heavy atom. The highest BCUT2D eigenvalue weighted by Crippen LogP contribution is 2.68. The van der Waals surface area contributed by atoms with Crippen LogP contribution < -0.4 is 0 Å². The SMILES string of the molecule is CCOC(=O)C[C@]1(O)C=C2C[C@@H](O[Si](C)(C)C(C)(C)C)CC[C@]2(C)[C@H]2CC[C@]3(C)[C@@H](O[Si](C)(C)C(C)(C)C)CC[C@H]3[C@@H]21. The van der Waals surface area contributed by atoms with Crippen molar-refractivity contribution in [2.24, 2.45) is 28.6 Å². The van der Waals surface area contributed by atoms with Crippen molar-refractivity contribution in [2.75, 3.05) is 6.61 Å². The first-order valence-corrected chi connectivity index (χ1v) is 22.8. The summed E-state index contributed by atoms with van der Waals surface area (Å²) in [6.07, 6.45) is 9.88. The maximum atomic E-state index is 13.1. The quantitative estimate of drug-likeness (QED) is 0.175. The normalized spacial score (nSPS) is 39.2. The van der Waals surface area contributed by atoms with Crippen molar-refractivity contribution in [1.29, 1.82) is 0 Å². The second-order valence-corrected chi connectivity index (χ2v) is 27.5. The van der Waals surface area contributed by atoms with Crippen LogP contribution in [0.4, 0.5) is 0 Å². The molecule has 0 heterocycles. The van der Waals surface area contributed by atoms with Gasteiger partial charge in [0.05, 0.1) is 24.7 Å². The highest BCUT2D eigenvalue weighted by Gasteiger charge is 2.65. The molecule has 3 fully saturated rings.